The molecule has 0 saturated carbocycles. The molecule has 166 valence electrons. The van der Waals surface area contributed by atoms with Gasteiger partial charge in [-0.05, 0) is 31.5 Å². The molecule has 0 radical (unpaired) electrons. The van der Waals surface area contributed by atoms with Gasteiger partial charge in [0.25, 0.3) is 5.56 Å². The number of aromatic nitrogens is 4. The Labute approximate surface area is 184 Å². The van der Waals surface area contributed by atoms with E-state index in [-0.39, 0.29) is 29.1 Å². The van der Waals surface area contributed by atoms with E-state index in [0.717, 1.165) is 5.56 Å². The van der Waals surface area contributed by atoms with Gasteiger partial charge in [-0.15, -0.1) is 5.10 Å². The summed E-state index contributed by atoms with van der Waals surface area (Å²) in [6.07, 6.45) is 1.61. The maximum Gasteiger partial charge on any atom is 0.253 e. The largest absolute Gasteiger partial charge is 0.318 e. The quantitative estimate of drug-likeness (QED) is 0.482. The summed E-state index contributed by atoms with van der Waals surface area (Å²) in [5.74, 6) is -1.15. The second-order valence-corrected chi connectivity index (χ2v) is 9.53. The topological polar surface area (TPSA) is 98.9 Å². The number of fused-ring (bicyclic) bond motifs is 1. The first-order valence-electron chi connectivity index (χ1n) is 9.97. The Morgan fingerprint density at radius 1 is 1.16 bits per heavy atom. The van der Waals surface area contributed by atoms with Crippen LogP contribution < -0.4 is 10.3 Å². The van der Waals surface area contributed by atoms with Gasteiger partial charge in [0.2, 0.25) is 16.0 Å². The molecule has 0 atom stereocenters. The van der Waals surface area contributed by atoms with Crippen LogP contribution in [0.1, 0.15) is 18.1 Å². The van der Waals surface area contributed by atoms with Crippen molar-refractivity contribution in [1.82, 2.24) is 19.3 Å². The molecular formula is C22H22FN5O3S. The summed E-state index contributed by atoms with van der Waals surface area (Å²) in [5.41, 5.74) is 2.63. The van der Waals surface area contributed by atoms with Gasteiger partial charge in [0.15, 0.2) is 5.82 Å². The molecule has 0 saturated heterocycles. The third-order valence-electron chi connectivity index (χ3n) is 5.16. The second kappa shape index (κ2) is 8.19. The fourth-order valence-corrected chi connectivity index (χ4v) is 4.07. The molecule has 32 heavy (non-hydrogen) atoms. The average molecular weight is 456 g/mol. The minimum Gasteiger partial charge on any atom is -0.318 e. The highest BCUT2D eigenvalue weighted by Crippen LogP contribution is 2.31. The molecule has 1 N–H and O–H groups in total. The highest BCUT2D eigenvalue weighted by Gasteiger charge is 2.21. The zero-order valence-electron chi connectivity index (χ0n) is 17.8. The lowest BCUT2D eigenvalue weighted by Gasteiger charge is -2.12. The number of hydrogen-bond donors (Lipinski definition) is 1. The number of rotatable bonds is 6. The molecule has 0 bridgehead atoms. The van der Waals surface area contributed by atoms with E-state index in [2.05, 4.69) is 14.8 Å². The van der Waals surface area contributed by atoms with E-state index in [1.54, 1.807) is 32.3 Å². The summed E-state index contributed by atoms with van der Waals surface area (Å²) in [6.45, 7) is 3.45. The Morgan fingerprint density at radius 2 is 1.88 bits per heavy atom. The number of hydrogen-bond acceptors (Lipinski definition) is 5. The molecule has 0 amide bonds. The molecule has 1 aromatic carbocycles. The van der Waals surface area contributed by atoms with Crippen LogP contribution in [0.3, 0.4) is 0 Å². The average Bonchev–Trinajstić information content (AvgIpc) is 3.07. The Morgan fingerprint density at radius 3 is 2.53 bits per heavy atom. The standard InChI is InChI=1S/C22H22FN5O3S/c1-4-32(30,31)26-21-19-18(28(25-20(19)23)12-15-8-6-5-7-9-15)11-17(24-21)16-10-14(2)22(29)27(3)13-16/h5-11,13H,4,12H2,1-3H3,(H,24,26). The predicted octanol–water partition coefficient (Wildman–Crippen LogP) is 3.05. The highest BCUT2D eigenvalue weighted by molar-refractivity contribution is 7.92. The van der Waals surface area contributed by atoms with Crippen LogP contribution in [0, 0.1) is 12.9 Å². The van der Waals surface area contributed by atoms with Gasteiger partial charge in [-0.1, -0.05) is 30.3 Å². The fourth-order valence-electron chi connectivity index (χ4n) is 3.48. The lowest BCUT2D eigenvalue weighted by Crippen LogP contribution is -2.19. The molecular weight excluding hydrogens is 433 g/mol. The van der Waals surface area contributed by atoms with Crippen LogP contribution in [0.15, 0.2) is 53.5 Å². The summed E-state index contributed by atoms with van der Waals surface area (Å²) < 4.78 is 44.7. The number of pyridine rings is 2. The van der Waals surface area contributed by atoms with Crippen LogP contribution in [0.4, 0.5) is 10.2 Å². The van der Waals surface area contributed by atoms with Gasteiger partial charge < -0.3 is 4.57 Å². The van der Waals surface area contributed by atoms with Crippen molar-refractivity contribution in [1.29, 1.82) is 0 Å². The molecule has 0 spiro atoms. The van der Waals surface area contributed by atoms with Crippen molar-refractivity contribution in [3.05, 3.63) is 76.1 Å². The summed E-state index contributed by atoms with van der Waals surface area (Å²) in [5, 5.41) is 3.99. The number of nitrogens with zero attached hydrogens (tertiary/aromatic N) is 4. The van der Waals surface area contributed by atoms with Gasteiger partial charge in [-0.25, -0.2) is 13.4 Å². The van der Waals surface area contributed by atoms with Crippen molar-refractivity contribution >= 4 is 26.7 Å². The molecule has 0 unspecified atom stereocenters. The molecule has 3 aromatic heterocycles. The number of anilines is 1. The number of benzene rings is 1. The zero-order valence-corrected chi connectivity index (χ0v) is 18.6. The van der Waals surface area contributed by atoms with E-state index in [1.807, 2.05) is 30.3 Å². The molecule has 0 aliphatic carbocycles. The molecule has 3 heterocycles. The lowest BCUT2D eigenvalue weighted by molar-refractivity contribution is 0.549. The van der Waals surface area contributed by atoms with E-state index >= 15 is 0 Å². The summed E-state index contributed by atoms with van der Waals surface area (Å²) in [4.78, 5) is 16.5. The zero-order chi connectivity index (χ0) is 23.0. The molecule has 0 fully saturated rings. The van der Waals surface area contributed by atoms with E-state index in [1.165, 1.54) is 16.2 Å². The number of nitrogens with one attached hydrogen (secondary N) is 1. The minimum atomic E-state index is -3.72. The third kappa shape index (κ3) is 4.13. The first-order valence-corrected chi connectivity index (χ1v) is 11.6. The third-order valence-corrected chi connectivity index (χ3v) is 6.42. The van der Waals surface area contributed by atoms with Gasteiger partial charge in [0.1, 0.15) is 0 Å². The molecule has 8 nitrogen and oxygen atoms in total. The Balaban J connectivity index is 1.97. The Bertz CT molecular complexity index is 1450. The first kappa shape index (κ1) is 21.7. The Hall–Kier alpha value is -3.53. The van der Waals surface area contributed by atoms with Crippen molar-refractivity contribution in [3.8, 4) is 11.3 Å². The van der Waals surface area contributed by atoms with Crippen LogP contribution in [0.25, 0.3) is 22.2 Å². The Kier molecular flexibility index (Phi) is 5.55. The lowest BCUT2D eigenvalue weighted by atomic mass is 10.1. The van der Waals surface area contributed by atoms with Gasteiger partial charge >= 0.3 is 0 Å². The second-order valence-electron chi connectivity index (χ2n) is 7.52. The smallest absolute Gasteiger partial charge is 0.253 e. The molecule has 0 aliphatic rings. The molecule has 0 aliphatic heterocycles. The van der Waals surface area contributed by atoms with Crippen molar-refractivity contribution in [2.75, 3.05) is 10.5 Å². The normalized spacial score (nSPS) is 11.8. The maximum absolute atomic E-state index is 14.9. The van der Waals surface area contributed by atoms with Gasteiger partial charge in [0, 0.05) is 24.4 Å². The number of halogens is 1. The monoisotopic (exact) mass is 455 g/mol. The number of sulfonamides is 1. The van der Waals surface area contributed by atoms with Crippen LogP contribution in [-0.2, 0) is 23.6 Å². The summed E-state index contributed by atoms with van der Waals surface area (Å²) in [6, 6.07) is 12.7. The van der Waals surface area contributed by atoms with E-state index in [4.69, 9.17) is 0 Å². The van der Waals surface area contributed by atoms with Gasteiger partial charge in [-0.3, -0.25) is 14.2 Å². The van der Waals surface area contributed by atoms with E-state index < -0.39 is 16.0 Å². The van der Waals surface area contributed by atoms with Crippen LogP contribution >= 0.6 is 0 Å². The van der Waals surface area contributed by atoms with Crippen molar-refractivity contribution in [2.45, 2.75) is 20.4 Å². The summed E-state index contributed by atoms with van der Waals surface area (Å²) in [7, 11) is -2.10. The van der Waals surface area contributed by atoms with Crippen LogP contribution in [0.5, 0.6) is 0 Å². The fraction of sp³-hybridized carbons (Fsp3) is 0.227. The van der Waals surface area contributed by atoms with E-state index in [0.29, 0.717) is 22.3 Å². The van der Waals surface area contributed by atoms with Crippen molar-refractivity contribution in [2.24, 2.45) is 7.05 Å². The molecule has 4 rings (SSSR count). The number of aryl methyl sites for hydroxylation is 2. The van der Waals surface area contributed by atoms with Gasteiger partial charge in [-0.2, -0.15) is 4.39 Å². The highest BCUT2D eigenvalue weighted by atomic mass is 32.2. The van der Waals surface area contributed by atoms with Crippen molar-refractivity contribution in [3.63, 3.8) is 0 Å². The SMILES string of the molecule is CCS(=O)(=O)Nc1nc(-c2cc(C)c(=O)n(C)c2)cc2c1c(F)nn2Cc1ccccc1. The van der Waals surface area contributed by atoms with Crippen molar-refractivity contribution < 1.29 is 12.8 Å². The first-order chi connectivity index (χ1) is 15.2. The van der Waals surface area contributed by atoms with Crippen LogP contribution in [0.2, 0.25) is 0 Å². The van der Waals surface area contributed by atoms with Gasteiger partial charge in [0.05, 0.1) is 28.9 Å². The minimum absolute atomic E-state index is 0.0109. The van der Waals surface area contributed by atoms with E-state index in [9.17, 15) is 17.6 Å². The predicted molar refractivity (Wildman–Crippen MR) is 122 cm³/mol. The maximum atomic E-state index is 14.9. The molecule has 4 aromatic rings. The molecule has 10 heteroatoms. The van der Waals surface area contributed by atoms with Crippen LogP contribution in [-0.4, -0.2) is 33.5 Å². The summed E-state index contributed by atoms with van der Waals surface area (Å²) >= 11 is 0.